The maximum absolute atomic E-state index is 10.5. The molecular weight excluding hydrogens is 268 g/mol. The first kappa shape index (κ1) is 14.0. The average molecular weight is 288 g/mol. The van der Waals surface area contributed by atoms with Gasteiger partial charge in [0.25, 0.3) is 0 Å². The van der Waals surface area contributed by atoms with E-state index in [0.717, 1.165) is 37.1 Å². The maximum Gasteiger partial charge on any atom is 0.143 e. The summed E-state index contributed by atoms with van der Waals surface area (Å²) in [5.74, 6) is 1.42. The van der Waals surface area contributed by atoms with E-state index in [1.807, 2.05) is 24.3 Å². The molecule has 0 radical (unpaired) electrons. The second-order valence-corrected chi connectivity index (χ2v) is 5.95. The molecule has 0 unspecified atom stereocenters. The number of ether oxygens (including phenoxy) is 1. The first-order valence-corrected chi connectivity index (χ1v) is 7.33. The van der Waals surface area contributed by atoms with Crippen LogP contribution < -0.4 is 4.74 Å². The van der Waals surface area contributed by atoms with E-state index in [0.29, 0.717) is 12.5 Å². The van der Waals surface area contributed by atoms with E-state index in [1.54, 1.807) is 4.68 Å². The van der Waals surface area contributed by atoms with Crippen LogP contribution in [0.5, 0.6) is 5.75 Å². The summed E-state index contributed by atoms with van der Waals surface area (Å²) >= 11 is 0. The van der Waals surface area contributed by atoms with Gasteiger partial charge < -0.3 is 9.84 Å². The molecule has 3 rings (SSSR count). The number of aliphatic hydroxyl groups is 1. The van der Waals surface area contributed by atoms with Gasteiger partial charge in [0.15, 0.2) is 0 Å². The van der Waals surface area contributed by atoms with Crippen LogP contribution in [0.3, 0.4) is 0 Å². The molecule has 1 aliphatic carbocycles. The minimum Gasteiger partial charge on any atom is -0.491 e. The lowest BCUT2D eigenvalue weighted by Gasteiger charge is -2.34. The molecule has 1 N–H and O–H groups in total. The van der Waals surface area contributed by atoms with E-state index in [2.05, 4.69) is 22.4 Å². The minimum absolute atomic E-state index is 0.332. The van der Waals surface area contributed by atoms with Crippen LogP contribution in [0.25, 0.3) is 5.69 Å². The predicted octanol–water partition coefficient (Wildman–Crippen LogP) is 1.98. The lowest BCUT2D eigenvalue weighted by Crippen LogP contribution is -2.39. The predicted molar refractivity (Wildman–Crippen MR) is 77.2 cm³/mol. The summed E-state index contributed by atoms with van der Waals surface area (Å²) in [6, 6.07) is 7.54. The molecule has 112 valence electrons. The molecule has 1 aromatic carbocycles. The Balaban J connectivity index is 1.64. The van der Waals surface area contributed by atoms with Crippen molar-refractivity contribution in [3.8, 4) is 11.4 Å². The van der Waals surface area contributed by atoms with Crippen molar-refractivity contribution in [1.29, 1.82) is 0 Å². The number of hydrogen-bond acceptors (Lipinski definition) is 5. The molecule has 1 fully saturated rings. The molecule has 1 aliphatic rings. The Hall–Kier alpha value is -1.95. The quantitative estimate of drug-likeness (QED) is 0.931. The summed E-state index contributed by atoms with van der Waals surface area (Å²) in [4.78, 5) is 0. The normalized spacial score (nSPS) is 25.7. The van der Waals surface area contributed by atoms with E-state index < -0.39 is 5.60 Å². The van der Waals surface area contributed by atoms with Gasteiger partial charge in [-0.2, -0.15) is 0 Å². The van der Waals surface area contributed by atoms with Crippen molar-refractivity contribution < 1.29 is 9.84 Å². The van der Waals surface area contributed by atoms with E-state index in [1.165, 1.54) is 6.33 Å². The van der Waals surface area contributed by atoms with Crippen molar-refractivity contribution in [3.63, 3.8) is 0 Å². The van der Waals surface area contributed by atoms with E-state index in [9.17, 15) is 5.11 Å². The number of nitrogens with zero attached hydrogens (tertiary/aromatic N) is 4. The Labute approximate surface area is 123 Å². The average Bonchev–Trinajstić information content (AvgIpc) is 3.04. The van der Waals surface area contributed by atoms with E-state index in [-0.39, 0.29) is 0 Å². The largest absolute Gasteiger partial charge is 0.491 e. The molecule has 0 bridgehead atoms. The van der Waals surface area contributed by atoms with Gasteiger partial charge in [-0.05, 0) is 54.2 Å². The van der Waals surface area contributed by atoms with Gasteiger partial charge in [-0.1, -0.05) is 13.0 Å². The van der Waals surface area contributed by atoms with Gasteiger partial charge in [-0.3, -0.25) is 0 Å². The SMILES string of the molecule is CC1CCC(O)(COc2cccc(-n3cnnn3)c2)CC1. The highest BCUT2D eigenvalue weighted by atomic mass is 16.5. The Morgan fingerprint density at radius 3 is 2.90 bits per heavy atom. The molecule has 1 heterocycles. The second kappa shape index (κ2) is 5.81. The van der Waals surface area contributed by atoms with Crippen LogP contribution in [-0.4, -0.2) is 37.5 Å². The third-order valence-corrected chi connectivity index (χ3v) is 4.14. The molecule has 6 heteroatoms. The van der Waals surface area contributed by atoms with Crippen LogP contribution in [0.1, 0.15) is 32.6 Å². The zero-order valence-corrected chi connectivity index (χ0v) is 12.1. The summed E-state index contributed by atoms with van der Waals surface area (Å²) in [7, 11) is 0. The first-order chi connectivity index (χ1) is 10.1. The molecule has 0 aliphatic heterocycles. The number of benzene rings is 1. The van der Waals surface area contributed by atoms with Crippen molar-refractivity contribution in [2.24, 2.45) is 5.92 Å². The summed E-state index contributed by atoms with van der Waals surface area (Å²) in [5.41, 5.74) is 0.138. The summed E-state index contributed by atoms with van der Waals surface area (Å²) in [6.07, 6.45) is 5.27. The molecular formula is C15H20N4O2. The Morgan fingerprint density at radius 2 is 2.19 bits per heavy atom. The molecule has 6 nitrogen and oxygen atoms in total. The van der Waals surface area contributed by atoms with Crippen LogP contribution in [0.15, 0.2) is 30.6 Å². The fourth-order valence-corrected chi connectivity index (χ4v) is 2.66. The monoisotopic (exact) mass is 288 g/mol. The van der Waals surface area contributed by atoms with Gasteiger partial charge in [-0.25, -0.2) is 4.68 Å². The molecule has 21 heavy (non-hydrogen) atoms. The summed E-state index contributed by atoms with van der Waals surface area (Å²) in [5, 5.41) is 21.6. The highest BCUT2D eigenvalue weighted by Gasteiger charge is 2.32. The third kappa shape index (κ3) is 3.39. The van der Waals surface area contributed by atoms with Gasteiger partial charge >= 0.3 is 0 Å². The zero-order chi connectivity index (χ0) is 14.7. The number of hydrogen-bond donors (Lipinski definition) is 1. The van der Waals surface area contributed by atoms with Crippen molar-refractivity contribution in [2.75, 3.05) is 6.61 Å². The number of rotatable bonds is 4. The lowest BCUT2D eigenvalue weighted by atomic mass is 9.80. The number of tetrazole rings is 1. The lowest BCUT2D eigenvalue weighted by molar-refractivity contribution is -0.0424. The van der Waals surface area contributed by atoms with Gasteiger partial charge in [0.05, 0.1) is 11.3 Å². The smallest absolute Gasteiger partial charge is 0.143 e. The van der Waals surface area contributed by atoms with Crippen LogP contribution >= 0.6 is 0 Å². The Morgan fingerprint density at radius 1 is 1.38 bits per heavy atom. The molecule has 1 saturated carbocycles. The van der Waals surface area contributed by atoms with Crippen molar-refractivity contribution in [3.05, 3.63) is 30.6 Å². The zero-order valence-electron chi connectivity index (χ0n) is 12.1. The van der Waals surface area contributed by atoms with E-state index in [4.69, 9.17) is 4.74 Å². The highest BCUT2D eigenvalue weighted by molar-refractivity contribution is 5.38. The molecule has 0 saturated heterocycles. The molecule has 0 atom stereocenters. The fraction of sp³-hybridized carbons (Fsp3) is 0.533. The summed E-state index contributed by atoms with van der Waals surface area (Å²) < 4.78 is 7.36. The van der Waals surface area contributed by atoms with E-state index >= 15 is 0 Å². The van der Waals surface area contributed by atoms with Gasteiger partial charge in [0, 0.05) is 6.07 Å². The topological polar surface area (TPSA) is 73.1 Å². The van der Waals surface area contributed by atoms with Crippen LogP contribution in [0, 0.1) is 5.92 Å². The summed E-state index contributed by atoms with van der Waals surface area (Å²) in [6.45, 7) is 2.56. The third-order valence-electron chi connectivity index (χ3n) is 4.14. The van der Waals surface area contributed by atoms with Gasteiger partial charge in [0.2, 0.25) is 0 Å². The Bertz CT molecular complexity index is 577. The Kier molecular flexibility index (Phi) is 3.88. The van der Waals surface area contributed by atoms with Crippen LogP contribution in [0.2, 0.25) is 0 Å². The first-order valence-electron chi connectivity index (χ1n) is 7.33. The molecule has 2 aromatic rings. The fourth-order valence-electron chi connectivity index (χ4n) is 2.66. The molecule has 1 aromatic heterocycles. The van der Waals surface area contributed by atoms with Crippen molar-refractivity contribution in [1.82, 2.24) is 20.2 Å². The standard InChI is InChI=1S/C15H20N4O2/c1-12-5-7-15(20,8-6-12)10-21-14-4-2-3-13(9-14)19-11-16-17-18-19/h2-4,9,11-12,20H,5-8,10H2,1H3. The second-order valence-electron chi connectivity index (χ2n) is 5.95. The minimum atomic E-state index is -0.697. The molecule has 0 spiro atoms. The van der Waals surface area contributed by atoms with Gasteiger partial charge in [0.1, 0.15) is 18.7 Å². The van der Waals surface area contributed by atoms with Crippen molar-refractivity contribution >= 4 is 0 Å². The maximum atomic E-state index is 10.5. The number of aromatic nitrogens is 4. The van der Waals surface area contributed by atoms with Crippen LogP contribution in [0.4, 0.5) is 0 Å². The highest BCUT2D eigenvalue weighted by Crippen LogP contribution is 2.32. The van der Waals surface area contributed by atoms with Crippen molar-refractivity contribution in [2.45, 2.75) is 38.2 Å². The molecule has 0 amide bonds. The van der Waals surface area contributed by atoms with Crippen LogP contribution in [-0.2, 0) is 0 Å². The van der Waals surface area contributed by atoms with Gasteiger partial charge in [-0.15, -0.1) is 5.10 Å².